The molecule has 0 amide bonds. The lowest BCUT2D eigenvalue weighted by atomic mass is 10.0. The number of oxazole rings is 1. The fraction of sp³-hybridized carbons (Fsp3) is 0.167. The van der Waals surface area contributed by atoms with E-state index >= 15 is 0 Å². The first-order chi connectivity index (χ1) is 14.8. The van der Waals surface area contributed by atoms with Gasteiger partial charge >= 0.3 is 6.18 Å². The van der Waals surface area contributed by atoms with Gasteiger partial charge in [-0.3, -0.25) is 0 Å². The zero-order valence-corrected chi connectivity index (χ0v) is 16.6. The van der Waals surface area contributed by atoms with Gasteiger partial charge in [-0.05, 0) is 41.0 Å². The van der Waals surface area contributed by atoms with E-state index in [0.717, 1.165) is 28.5 Å². The zero-order valence-electron chi connectivity index (χ0n) is 16.6. The molecular formula is C24H18F3N3O. The number of hydrogen-bond acceptors (Lipinski definition) is 4. The minimum Gasteiger partial charge on any atom is -0.423 e. The molecule has 1 N–H and O–H groups in total. The summed E-state index contributed by atoms with van der Waals surface area (Å²) in [4.78, 5) is 4.26. The SMILES string of the molecule is C[C@H](Nc1oc(Cc2cccc3ccccc23)nc1C#N)c1cccc(C(F)(F)F)c1. The summed E-state index contributed by atoms with van der Waals surface area (Å²) >= 11 is 0. The van der Waals surface area contributed by atoms with Crippen LogP contribution in [-0.2, 0) is 12.6 Å². The largest absolute Gasteiger partial charge is 0.423 e. The van der Waals surface area contributed by atoms with Crippen molar-refractivity contribution in [1.29, 1.82) is 5.26 Å². The fourth-order valence-corrected chi connectivity index (χ4v) is 3.49. The molecule has 1 heterocycles. The van der Waals surface area contributed by atoms with Crippen LogP contribution in [0.1, 0.15) is 41.2 Å². The Hall–Kier alpha value is -3.79. The van der Waals surface area contributed by atoms with Gasteiger partial charge in [-0.15, -0.1) is 0 Å². The Balaban J connectivity index is 1.59. The van der Waals surface area contributed by atoms with Gasteiger partial charge in [0.25, 0.3) is 0 Å². The Labute approximate surface area is 177 Å². The number of halogens is 3. The van der Waals surface area contributed by atoms with Crippen LogP contribution in [0.25, 0.3) is 10.8 Å². The molecule has 0 unspecified atom stereocenters. The molecule has 4 nitrogen and oxygen atoms in total. The lowest BCUT2D eigenvalue weighted by Gasteiger charge is -2.15. The molecule has 0 saturated heterocycles. The number of fused-ring (bicyclic) bond motifs is 1. The van der Waals surface area contributed by atoms with Gasteiger partial charge in [0.2, 0.25) is 17.5 Å². The van der Waals surface area contributed by atoms with Crippen molar-refractivity contribution in [2.45, 2.75) is 25.6 Å². The molecule has 31 heavy (non-hydrogen) atoms. The normalized spacial score (nSPS) is 12.5. The molecule has 4 rings (SSSR count). The van der Waals surface area contributed by atoms with E-state index in [2.05, 4.69) is 10.3 Å². The minimum atomic E-state index is -4.43. The van der Waals surface area contributed by atoms with Crippen molar-refractivity contribution in [3.63, 3.8) is 0 Å². The van der Waals surface area contributed by atoms with Crippen LogP contribution in [0.15, 0.2) is 71.1 Å². The number of hydrogen-bond donors (Lipinski definition) is 1. The van der Waals surface area contributed by atoms with Crippen LogP contribution in [0.5, 0.6) is 0 Å². The second kappa shape index (κ2) is 8.15. The molecule has 0 aliphatic rings. The number of nitriles is 1. The van der Waals surface area contributed by atoms with Crippen molar-refractivity contribution in [3.8, 4) is 6.07 Å². The van der Waals surface area contributed by atoms with Crippen molar-refractivity contribution in [2.75, 3.05) is 5.32 Å². The predicted octanol–water partition coefficient (Wildman–Crippen LogP) is 6.48. The van der Waals surface area contributed by atoms with Gasteiger partial charge in [0.15, 0.2) is 0 Å². The van der Waals surface area contributed by atoms with Gasteiger partial charge in [0.05, 0.1) is 18.0 Å². The minimum absolute atomic E-state index is 0.0639. The molecule has 0 radical (unpaired) electrons. The second-order valence-electron chi connectivity index (χ2n) is 7.20. The lowest BCUT2D eigenvalue weighted by molar-refractivity contribution is -0.137. The third-order valence-electron chi connectivity index (χ3n) is 5.06. The van der Waals surface area contributed by atoms with Crippen LogP contribution in [0.2, 0.25) is 0 Å². The summed E-state index contributed by atoms with van der Waals surface area (Å²) in [5, 5.41) is 14.6. The highest BCUT2D eigenvalue weighted by atomic mass is 19.4. The topological polar surface area (TPSA) is 61.9 Å². The van der Waals surface area contributed by atoms with Crippen LogP contribution in [-0.4, -0.2) is 4.98 Å². The van der Waals surface area contributed by atoms with E-state index in [1.54, 1.807) is 13.0 Å². The van der Waals surface area contributed by atoms with Crippen molar-refractivity contribution in [1.82, 2.24) is 4.98 Å². The summed E-state index contributed by atoms with van der Waals surface area (Å²) in [7, 11) is 0. The summed E-state index contributed by atoms with van der Waals surface area (Å²) < 4.78 is 44.8. The molecule has 3 aromatic carbocycles. The zero-order chi connectivity index (χ0) is 22.0. The summed E-state index contributed by atoms with van der Waals surface area (Å²) in [5.41, 5.74) is 0.759. The summed E-state index contributed by atoms with van der Waals surface area (Å²) in [6.45, 7) is 1.70. The first kappa shape index (κ1) is 20.5. The maximum atomic E-state index is 13.0. The highest BCUT2D eigenvalue weighted by Gasteiger charge is 2.30. The molecule has 156 valence electrons. The third kappa shape index (κ3) is 4.38. The number of aromatic nitrogens is 1. The first-order valence-electron chi connectivity index (χ1n) is 9.65. The molecule has 0 fully saturated rings. The van der Waals surface area contributed by atoms with Crippen LogP contribution < -0.4 is 5.32 Å². The summed E-state index contributed by atoms with van der Waals surface area (Å²) in [6, 6.07) is 20.4. The first-order valence-corrected chi connectivity index (χ1v) is 9.65. The van der Waals surface area contributed by atoms with Crippen LogP contribution in [0, 0.1) is 11.3 Å². The van der Waals surface area contributed by atoms with Crippen molar-refractivity contribution in [3.05, 3.63) is 95.0 Å². The Morgan fingerprint density at radius 1 is 1.06 bits per heavy atom. The quantitative estimate of drug-likeness (QED) is 0.400. The molecule has 1 aromatic heterocycles. The average Bonchev–Trinajstić information content (AvgIpc) is 3.14. The molecule has 0 spiro atoms. The monoisotopic (exact) mass is 421 g/mol. The van der Waals surface area contributed by atoms with Gasteiger partial charge in [-0.2, -0.15) is 18.4 Å². The Morgan fingerprint density at radius 3 is 2.58 bits per heavy atom. The molecule has 7 heteroatoms. The number of anilines is 1. The lowest BCUT2D eigenvalue weighted by Crippen LogP contribution is -2.10. The Morgan fingerprint density at radius 2 is 1.81 bits per heavy atom. The van der Waals surface area contributed by atoms with Gasteiger partial charge in [-0.25, -0.2) is 4.98 Å². The van der Waals surface area contributed by atoms with Gasteiger partial charge in [0.1, 0.15) is 6.07 Å². The maximum Gasteiger partial charge on any atom is 0.416 e. The van der Waals surface area contributed by atoms with Crippen molar-refractivity contribution >= 4 is 16.7 Å². The number of nitrogens with zero attached hydrogens (tertiary/aromatic N) is 2. The molecule has 1 atom stereocenters. The maximum absolute atomic E-state index is 13.0. The van der Waals surface area contributed by atoms with E-state index in [1.807, 2.05) is 48.5 Å². The third-order valence-corrected chi connectivity index (χ3v) is 5.06. The van der Waals surface area contributed by atoms with E-state index in [4.69, 9.17) is 4.42 Å². The molecule has 0 aliphatic heterocycles. The standard InChI is InChI=1S/C24H18F3N3O/c1-15(17-8-5-10-19(12-17)24(25,26)27)29-23-21(14-28)30-22(31-23)13-18-9-4-7-16-6-2-3-11-20(16)18/h2-12,15,29H,13H2,1H3/t15-/m0/s1. The number of alkyl halides is 3. The Bertz CT molecular complexity index is 1270. The number of rotatable bonds is 5. The van der Waals surface area contributed by atoms with E-state index in [-0.39, 0.29) is 11.6 Å². The summed E-state index contributed by atoms with van der Waals surface area (Å²) in [6.07, 6.45) is -4.04. The second-order valence-corrected chi connectivity index (χ2v) is 7.20. The van der Waals surface area contributed by atoms with Crippen LogP contribution in [0.3, 0.4) is 0 Å². The highest BCUT2D eigenvalue weighted by molar-refractivity contribution is 5.85. The Kier molecular flexibility index (Phi) is 5.38. The van der Waals surface area contributed by atoms with Gasteiger partial charge < -0.3 is 9.73 Å². The molecule has 0 aliphatic carbocycles. The van der Waals surface area contributed by atoms with Crippen molar-refractivity contribution < 1.29 is 17.6 Å². The number of benzene rings is 3. The molecule has 4 aromatic rings. The molecular weight excluding hydrogens is 403 g/mol. The predicted molar refractivity (Wildman–Crippen MR) is 111 cm³/mol. The molecule has 0 bridgehead atoms. The fourth-order valence-electron chi connectivity index (χ4n) is 3.49. The average molecular weight is 421 g/mol. The van der Waals surface area contributed by atoms with Crippen molar-refractivity contribution in [2.24, 2.45) is 0 Å². The number of nitrogens with one attached hydrogen (secondary N) is 1. The van der Waals surface area contributed by atoms with E-state index < -0.39 is 17.8 Å². The van der Waals surface area contributed by atoms with E-state index in [1.165, 1.54) is 6.07 Å². The van der Waals surface area contributed by atoms with E-state index in [9.17, 15) is 18.4 Å². The summed E-state index contributed by atoms with van der Waals surface area (Å²) in [5.74, 6) is 0.495. The molecule has 0 saturated carbocycles. The van der Waals surface area contributed by atoms with E-state index in [0.29, 0.717) is 17.9 Å². The highest BCUT2D eigenvalue weighted by Crippen LogP contribution is 2.32. The van der Waals surface area contributed by atoms with Gasteiger partial charge in [0, 0.05) is 0 Å². The smallest absolute Gasteiger partial charge is 0.416 e. The van der Waals surface area contributed by atoms with Crippen LogP contribution >= 0.6 is 0 Å². The van der Waals surface area contributed by atoms with Crippen LogP contribution in [0.4, 0.5) is 19.1 Å². The van der Waals surface area contributed by atoms with Gasteiger partial charge in [-0.1, -0.05) is 54.6 Å².